The normalized spacial score (nSPS) is 14.5. The van der Waals surface area contributed by atoms with E-state index in [1.807, 2.05) is 54.6 Å². The first-order chi connectivity index (χ1) is 16.6. The Hall–Kier alpha value is -2.94. The number of hydrogen-bond donors (Lipinski definition) is 2. The van der Waals surface area contributed by atoms with Crippen LogP contribution in [0.15, 0.2) is 54.6 Å². The molecule has 8 heteroatoms. The van der Waals surface area contributed by atoms with Crippen molar-refractivity contribution in [2.75, 3.05) is 58.4 Å². The van der Waals surface area contributed by atoms with E-state index in [0.29, 0.717) is 19.6 Å². The van der Waals surface area contributed by atoms with Crippen LogP contribution in [0.25, 0.3) is 11.1 Å². The fraction of sp³-hybridized carbons (Fsp3) is 0.462. The minimum atomic E-state index is -0.437. The van der Waals surface area contributed by atoms with Crippen LogP contribution in [-0.4, -0.2) is 86.1 Å². The number of hydrogen-bond acceptors (Lipinski definition) is 6. The highest BCUT2D eigenvalue weighted by molar-refractivity contribution is 5.91. The Labute approximate surface area is 201 Å². The lowest BCUT2D eigenvalue weighted by Crippen LogP contribution is -2.43. The summed E-state index contributed by atoms with van der Waals surface area (Å²) in [4.78, 5) is 28.6. The molecular weight excluding hydrogens is 434 g/mol. The highest BCUT2D eigenvalue weighted by Crippen LogP contribution is 2.28. The molecule has 0 saturated carbocycles. The van der Waals surface area contributed by atoms with Crippen molar-refractivity contribution in [1.82, 2.24) is 9.80 Å². The van der Waals surface area contributed by atoms with Gasteiger partial charge in [-0.05, 0) is 30.9 Å². The van der Waals surface area contributed by atoms with Crippen LogP contribution in [0.5, 0.6) is 0 Å². The van der Waals surface area contributed by atoms with Gasteiger partial charge in [0, 0.05) is 52.0 Å². The number of para-hydroxylation sites is 1. The molecule has 0 aliphatic carbocycles. The molecule has 8 nitrogen and oxygen atoms in total. The van der Waals surface area contributed by atoms with Crippen molar-refractivity contribution >= 4 is 17.7 Å². The van der Waals surface area contributed by atoms with Gasteiger partial charge in [0.1, 0.15) is 12.7 Å². The zero-order valence-corrected chi connectivity index (χ0v) is 19.8. The molecule has 2 amide bonds. The third-order valence-corrected chi connectivity index (χ3v) is 5.91. The lowest BCUT2D eigenvalue weighted by molar-refractivity contribution is -0.135. The van der Waals surface area contributed by atoms with Gasteiger partial charge >= 0.3 is 6.09 Å². The maximum atomic E-state index is 12.5. The number of benzene rings is 2. The van der Waals surface area contributed by atoms with Crippen LogP contribution in [0.3, 0.4) is 0 Å². The summed E-state index contributed by atoms with van der Waals surface area (Å²) < 4.78 is 10.9. The third-order valence-electron chi connectivity index (χ3n) is 5.91. The van der Waals surface area contributed by atoms with Gasteiger partial charge in [0.05, 0.1) is 5.69 Å². The molecule has 34 heavy (non-hydrogen) atoms. The molecule has 3 rings (SSSR count). The van der Waals surface area contributed by atoms with Gasteiger partial charge in [-0.1, -0.05) is 48.5 Å². The zero-order valence-electron chi connectivity index (χ0n) is 19.8. The molecule has 0 aromatic heterocycles. The Bertz CT molecular complexity index is 900. The van der Waals surface area contributed by atoms with E-state index in [-0.39, 0.29) is 25.2 Å². The van der Waals surface area contributed by atoms with Gasteiger partial charge in [-0.2, -0.15) is 0 Å². The molecule has 2 aromatic rings. The maximum absolute atomic E-state index is 12.5. The van der Waals surface area contributed by atoms with E-state index >= 15 is 0 Å². The van der Waals surface area contributed by atoms with Crippen LogP contribution >= 0.6 is 0 Å². The number of nitrogens with zero attached hydrogens (tertiary/aromatic N) is 2. The first-order valence-corrected chi connectivity index (χ1v) is 11.8. The van der Waals surface area contributed by atoms with E-state index < -0.39 is 6.09 Å². The number of rotatable bonds is 11. The predicted molar refractivity (Wildman–Crippen MR) is 132 cm³/mol. The molecule has 1 saturated heterocycles. The maximum Gasteiger partial charge on any atom is 0.411 e. The fourth-order valence-corrected chi connectivity index (χ4v) is 3.86. The third kappa shape index (κ3) is 8.13. The molecule has 1 fully saturated rings. The number of aliphatic hydroxyl groups is 1. The Kier molecular flexibility index (Phi) is 10.3. The average Bonchev–Trinajstić information content (AvgIpc) is 2.86. The number of aliphatic hydroxyl groups excluding tert-OH is 1. The lowest BCUT2D eigenvalue weighted by atomic mass is 10.0. The van der Waals surface area contributed by atoms with E-state index in [4.69, 9.17) is 14.6 Å². The fourth-order valence-electron chi connectivity index (χ4n) is 3.86. The van der Waals surface area contributed by atoms with E-state index in [2.05, 4.69) is 10.2 Å². The summed E-state index contributed by atoms with van der Waals surface area (Å²) in [7, 11) is 1.77. The van der Waals surface area contributed by atoms with E-state index in [1.165, 1.54) is 0 Å². The quantitative estimate of drug-likeness (QED) is 0.491. The highest BCUT2D eigenvalue weighted by Gasteiger charge is 2.23. The standard InChI is InChI=1S/C26H35N3O5/c1-28(25(31)20-33-19-7-18-30)16-17-29-14-12-22(13-15-29)34-26(32)27-24-11-6-5-10-23(24)21-8-3-2-4-9-21/h2-6,8-11,22,30H,7,12-20H2,1H3,(H,27,32). The highest BCUT2D eigenvalue weighted by atomic mass is 16.6. The summed E-state index contributed by atoms with van der Waals surface area (Å²) in [5.41, 5.74) is 2.71. The second-order valence-corrected chi connectivity index (χ2v) is 8.43. The summed E-state index contributed by atoms with van der Waals surface area (Å²) in [5, 5.41) is 11.6. The molecule has 184 valence electrons. The molecule has 2 aromatic carbocycles. The predicted octanol–water partition coefficient (Wildman–Crippen LogP) is 3.22. The number of amides is 2. The second kappa shape index (κ2) is 13.7. The van der Waals surface area contributed by atoms with E-state index in [9.17, 15) is 9.59 Å². The molecule has 2 N–H and O–H groups in total. The Balaban J connectivity index is 1.38. The van der Waals surface area contributed by atoms with Gasteiger partial charge in [-0.15, -0.1) is 0 Å². The monoisotopic (exact) mass is 469 g/mol. The van der Waals surface area contributed by atoms with Crippen LogP contribution in [0, 0.1) is 0 Å². The van der Waals surface area contributed by atoms with Crippen LogP contribution in [0.1, 0.15) is 19.3 Å². The number of ether oxygens (including phenoxy) is 2. The molecule has 1 heterocycles. The van der Waals surface area contributed by atoms with Crippen LogP contribution in [0.2, 0.25) is 0 Å². The minimum absolute atomic E-state index is 0.0366. The van der Waals surface area contributed by atoms with Gasteiger partial charge in [0.25, 0.3) is 0 Å². The molecule has 1 aliphatic heterocycles. The number of carbonyl (C=O) groups excluding carboxylic acids is 2. The number of nitrogens with one attached hydrogen (secondary N) is 1. The van der Waals surface area contributed by atoms with Crippen LogP contribution < -0.4 is 5.32 Å². The smallest absolute Gasteiger partial charge is 0.411 e. The number of piperidine rings is 1. The number of likely N-dealkylation sites (tertiary alicyclic amines) is 1. The topological polar surface area (TPSA) is 91.3 Å². The average molecular weight is 470 g/mol. The van der Waals surface area contributed by atoms with Crippen molar-refractivity contribution in [1.29, 1.82) is 0 Å². The largest absolute Gasteiger partial charge is 0.446 e. The van der Waals surface area contributed by atoms with Gasteiger partial charge in [0.2, 0.25) is 5.91 Å². The van der Waals surface area contributed by atoms with Crippen molar-refractivity contribution < 1.29 is 24.2 Å². The zero-order chi connectivity index (χ0) is 24.2. The van der Waals surface area contributed by atoms with E-state index in [0.717, 1.165) is 49.3 Å². The molecule has 0 spiro atoms. The lowest BCUT2D eigenvalue weighted by Gasteiger charge is -2.32. The molecule has 0 bridgehead atoms. The summed E-state index contributed by atoms with van der Waals surface area (Å²) in [6.07, 6.45) is 1.49. The van der Waals surface area contributed by atoms with Crippen LogP contribution in [0.4, 0.5) is 10.5 Å². The van der Waals surface area contributed by atoms with E-state index in [1.54, 1.807) is 11.9 Å². The van der Waals surface area contributed by atoms with Crippen molar-refractivity contribution in [2.24, 2.45) is 0 Å². The minimum Gasteiger partial charge on any atom is -0.446 e. The van der Waals surface area contributed by atoms with Crippen molar-refractivity contribution in [3.8, 4) is 11.1 Å². The van der Waals surface area contributed by atoms with Crippen molar-refractivity contribution in [2.45, 2.75) is 25.4 Å². The van der Waals surface area contributed by atoms with Gasteiger partial charge in [-0.3, -0.25) is 10.1 Å². The summed E-state index contributed by atoms with van der Waals surface area (Å²) >= 11 is 0. The summed E-state index contributed by atoms with van der Waals surface area (Å²) in [6.45, 7) is 3.49. The second-order valence-electron chi connectivity index (χ2n) is 8.43. The Morgan fingerprint density at radius 1 is 1.09 bits per heavy atom. The Morgan fingerprint density at radius 2 is 1.79 bits per heavy atom. The number of likely N-dealkylation sites (N-methyl/N-ethyl adjacent to an activating group) is 1. The van der Waals surface area contributed by atoms with Crippen LogP contribution in [-0.2, 0) is 14.3 Å². The SMILES string of the molecule is CN(CCN1CCC(OC(=O)Nc2ccccc2-c2ccccc2)CC1)C(=O)COCCCO. The van der Waals surface area contributed by atoms with Gasteiger partial charge < -0.3 is 24.4 Å². The molecule has 0 atom stereocenters. The van der Waals surface area contributed by atoms with Crippen molar-refractivity contribution in [3.63, 3.8) is 0 Å². The molecule has 0 radical (unpaired) electrons. The number of carbonyl (C=O) groups is 2. The molecular formula is C26H35N3O5. The molecule has 0 unspecified atom stereocenters. The van der Waals surface area contributed by atoms with Crippen molar-refractivity contribution in [3.05, 3.63) is 54.6 Å². The first-order valence-electron chi connectivity index (χ1n) is 11.8. The van der Waals surface area contributed by atoms with Gasteiger partial charge in [-0.25, -0.2) is 4.79 Å². The summed E-state index contributed by atoms with van der Waals surface area (Å²) in [5.74, 6) is -0.0661. The first kappa shape index (κ1) is 25.7. The Morgan fingerprint density at radius 3 is 2.53 bits per heavy atom. The summed E-state index contributed by atoms with van der Waals surface area (Å²) in [6, 6.07) is 17.6. The number of anilines is 1. The molecule has 1 aliphatic rings. The van der Waals surface area contributed by atoms with Gasteiger partial charge in [0.15, 0.2) is 0 Å².